The van der Waals surface area contributed by atoms with Crippen LogP contribution in [0.5, 0.6) is 0 Å². The van der Waals surface area contributed by atoms with Crippen molar-refractivity contribution >= 4 is 41.4 Å². The van der Waals surface area contributed by atoms with Gasteiger partial charge in [0, 0.05) is 6.42 Å². The maximum absolute atomic E-state index is 12.9. The molecule has 0 aliphatic carbocycles. The maximum Gasteiger partial charge on any atom is 0.326 e. The molecular weight excluding hydrogens is 468 g/mol. The minimum atomic E-state index is -1.56. The van der Waals surface area contributed by atoms with Gasteiger partial charge >= 0.3 is 11.9 Å². The van der Waals surface area contributed by atoms with Gasteiger partial charge in [-0.1, -0.05) is 30.3 Å². The van der Waals surface area contributed by atoms with Gasteiger partial charge in [-0.25, -0.2) is 4.79 Å². The summed E-state index contributed by atoms with van der Waals surface area (Å²) in [7, 11) is 0. The van der Waals surface area contributed by atoms with E-state index in [4.69, 9.17) is 15.9 Å². The first-order valence-corrected chi connectivity index (χ1v) is 11.7. The van der Waals surface area contributed by atoms with Gasteiger partial charge in [0.05, 0.1) is 13.0 Å². The molecule has 34 heavy (non-hydrogen) atoms. The fraction of sp³-hybridized carbons (Fsp3) is 0.476. The molecule has 12 nitrogen and oxygen atoms in total. The molecule has 0 fully saturated rings. The van der Waals surface area contributed by atoms with Crippen molar-refractivity contribution in [1.82, 2.24) is 16.0 Å². The van der Waals surface area contributed by atoms with Crippen LogP contribution in [0.25, 0.3) is 0 Å². The third-order valence-electron chi connectivity index (χ3n) is 4.69. The van der Waals surface area contributed by atoms with Crippen molar-refractivity contribution in [3.63, 3.8) is 0 Å². The van der Waals surface area contributed by atoms with Crippen molar-refractivity contribution < 1.29 is 39.3 Å². The second-order valence-corrected chi connectivity index (χ2v) is 8.37. The van der Waals surface area contributed by atoms with E-state index in [2.05, 4.69) is 16.0 Å². The average molecular weight is 499 g/mol. The highest BCUT2D eigenvalue weighted by molar-refractivity contribution is 7.98. The van der Waals surface area contributed by atoms with Crippen molar-refractivity contribution in [2.75, 3.05) is 18.6 Å². The molecule has 8 N–H and O–H groups in total. The lowest BCUT2D eigenvalue weighted by molar-refractivity contribution is -0.143. The van der Waals surface area contributed by atoms with Crippen LogP contribution in [-0.2, 0) is 30.4 Å². The summed E-state index contributed by atoms with van der Waals surface area (Å²) in [6.07, 6.45) is 1.12. The number of carbonyl (C=O) groups excluding carboxylic acids is 3. The van der Waals surface area contributed by atoms with E-state index in [0.717, 1.165) is 0 Å². The number of aliphatic hydroxyl groups excluding tert-OH is 1. The van der Waals surface area contributed by atoms with Gasteiger partial charge in [0.2, 0.25) is 17.7 Å². The van der Waals surface area contributed by atoms with Gasteiger partial charge in [0.25, 0.3) is 0 Å². The van der Waals surface area contributed by atoms with Crippen LogP contribution in [0.15, 0.2) is 30.3 Å². The van der Waals surface area contributed by atoms with Gasteiger partial charge in [0.15, 0.2) is 0 Å². The van der Waals surface area contributed by atoms with E-state index in [1.165, 1.54) is 11.8 Å². The number of thioether (sulfide) groups is 1. The molecule has 0 heterocycles. The van der Waals surface area contributed by atoms with Crippen LogP contribution < -0.4 is 21.7 Å². The van der Waals surface area contributed by atoms with Crippen molar-refractivity contribution in [3.05, 3.63) is 35.9 Å². The quantitative estimate of drug-likeness (QED) is 0.146. The highest BCUT2D eigenvalue weighted by atomic mass is 32.2. The van der Waals surface area contributed by atoms with Crippen molar-refractivity contribution in [3.8, 4) is 0 Å². The van der Waals surface area contributed by atoms with Gasteiger partial charge in [-0.3, -0.25) is 19.2 Å². The molecule has 1 aromatic rings. The summed E-state index contributed by atoms with van der Waals surface area (Å²) in [5.74, 6) is -4.89. The Morgan fingerprint density at radius 3 is 2.00 bits per heavy atom. The number of benzene rings is 1. The molecule has 0 saturated carbocycles. The third-order valence-corrected chi connectivity index (χ3v) is 5.33. The predicted octanol–water partition coefficient (Wildman–Crippen LogP) is -1.68. The monoisotopic (exact) mass is 498 g/mol. The molecule has 0 aromatic heterocycles. The Hall–Kier alpha value is -3.16. The summed E-state index contributed by atoms with van der Waals surface area (Å²) in [6, 6.07) is 3.29. The van der Waals surface area contributed by atoms with Crippen LogP contribution in [0.2, 0.25) is 0 Å². The molecular formula is C21H30N4O8S. The van der Waals surface area contributed by atoms with E-state index >= 15 is 0 Å². The van der Waals surface area contributed by atoms with Gasteiger partial charge in [0.1, 0.15) is 24.2 Å². The van der Waals surface area contributed by atoms with Crippen molar-refractivity contribution in [2.45, 2.75) is 43.4 Å². The number of rotatable bonds is 15. The predicted molar refractivity (Wildman–Crippen MR) is 124 cm³/mol. The number of carbonyl (C=O) groups is 5. The Kier molecular flexibility index (Phi) is 12.6. The van der Waals surface area contributed by atoms with Gasteiger partial charge in [-0.15, -0.1) is 0 Å². The molecule has 188 valence electrons. The molecule has 1 rings (SSSR count). The maximum atomic E-state index is 12.9. The molecule has 0 radical (unpaired) electrons. The zero-order chi connectivity index (χ0) is 25.7. The number of carboxylic acids is 2. The van der Waals surface area contributed by atoms with Crippen LogP contribution in [0.4, 0.5) is 0 Å². The normalized spacial score (nSPS) is 14.2. The zero-order valence-electron chi connectivity index (χ0n) is 18.6. The number of hydrogen-bond donors (Lipinski definition) is 7. The SMILES string of the molecule is CSCCC(NC(=O)C(CC(=O)O)NC(=O)C(N)CO)C(=O)NC(Cc1ccccc1)C(=O)O. The fourth-order valence-electron chi connectivity index (χ4n) is 2.84. The average Bonchev–Trinajstić information content (AvgIpc) is 2.80. The second kappa shape index (κ2) is 14.9. The first-order chi connectivity index (χ1) is 16.1. The van der Waals surface area contributed by atoms with Crippen molar-refractivity contribution in [2.24, 2.45) is 5.73 Å². The lowest BCUT2D eigenvalue weighted by Crippen LogP contribution is -2.58. The van der Waals surface area contributed by atoms with Gasteiger partial charge < -0.3 is 37.0 Å². The van der Waals surface area contributed by atoms with Crippen LogP contribution in [-0.4, -0.2) is 87.8 Å². The Balaban J connectivity index is 2.97. The Bertz CT molecular complexity index is 854. The largest absolute Gasteiger partial charge is 0.481 e. The summed E-state index contributed by atoms with van der Waals surface area (Å²) in [5, 5.41) is 34.5. The summed E-state index contributed by atoms with van der Waals surface area (Å²) in [5.41, 5.74) is 6.08. The van der Waals surface area contributed by atoms with Crippen LogP contribution in [0.1, 0.15) is 18.4 Å². The van der Waals surface area contributed by atoms with Crippen LogP contribution >= 0.6 is 11.8 Å². The standard InChI is InChI=1S/C21H30N4O8S/c1-34-8-7-14(19(30)25-16(21(32)33)9-12-5-3-2-4-6-12)23-20(31)15(10-17(27)28)24-18(29)13(22)11-26/h2-6,13-16,26H,7-11,22H2,1H3,(H,23,31)(H,24,29)(H,25,30)(H,27,28)(H,32,33). The highest BCUT2D eigenvalue weighted by Crippen LogP contribution is 2.07. The summed E-state index contributed by atoms with van der Waals surface area (Å²) in [6.45, 7) is -0.718. The smallest absolute Gasteiger partial charge is 0.326 e. The van der Waals surface area contributed by atoms with Crippen molar-refractivity contribution in [1.29, 1.82) is 0 Å². The van der Waals surface area contributed by atoms with Crippen LogP contribution in [0, 0.1) is 0 Å². The van der Waals surface area contributed by atoms with E-state index in [9.17, 15) is 29.1 Å². The molecule has 0 aliphatic rings. The molecule has 0 aliphatic heterocycles. The molecule has 0 bridgehead atoms. The molecule has 0 saturated heterocycles. The minimum Gasteiger partial charge on any atom is -0.481 e. The van der Waals surface area contributed by atoms with Crippen LogP contribution in [0.3, 0.4) is 0 Å². The Labute approximate surface area is 200 Å². The minimum absolute atomic E-state index is 0.0157. The second-order valence-electron chi connectivity index (χ2n) is 7.38. The van der Waals surface area contributed by atoms with Gasteiger partial charge in [-0.05, 0) is 24.0 Å². The first kappa shape index (κ1) is 28.9. The first-order valence-electron chi connectivity index (χ1n) is 10.3. The van der Waals surface area contributed by atoms with E-state index in [0.29, 0.717) is 11.3 Å². The highest BCUT2D eigenvalue weighted by Gasteiger charge is 2.31. The van der Waals surface area contributed by atoms with E-state index in [1.807, 2.05) is 0 Å². The number of nitrogens with one attached hydrogen (secondary N) is 3. The molecule has 13 heteroatoms. The number of hydrogen-bond acceptors (Lipinski definition) is 8. The fourth-order valence-corrected chi connectivity index (χ4v) is 3.32. The molecule has 3 amide bonds. The third kappa shape index (κ3) is 10.2. The summed E-state index contributed by atoms with van der Waals surface area (Å²) >= 11 is 1.38. The van der Waals surface area contributed by atoms with E-state index in [-0.39, 0.29) is 12.8 Å². The Morgan fingerprint density at radius 1 is 0.912 bits per heavy atom. The Morgan fingerprint density at radius 2 is 1.47 bits per heavy atom. The lowest BCUT2D eigenvalue weighted by Gasteiger charge is -2.24. The summed E-state index contributed by atoms with van der Waals surface area (Å²) in [4.78, 5) is 60.4. The number of nitrogens with two attached hydrogens (primary N) is 1. The van der Waals surface area contributed by atoms with E-state index in [1.54, 1.807) is 36.6 Å². The number of carboxylic acid groups (broad SMARTS) is 2. The molecule has 4 unspecified atom stereocenters. The van der Waals surface area contributed by atoms with E-state index < -0.39 is 66.9 Å². The lowest BCUT2D eigenvalue weighted by atomic mass is 10.0. The summed E-state index contributed by atoms with van der Waals surface area (Å²) < 4.78 is 0. The molecule has 0 spiro atoms. The molecule has 1 aromatic carbocycles. The number of aliphatic hydroxyl groups is 1. The number of amides is 3. The molecule has 4 atom stereocenters. The topological polar surface area (TPSA) is 208 Å². The number of aliphatic carboxylic acids is 2. The zero-order valence-corrected chi connectivity index (χ0v) is 19.4. The van der Waals surface area contributed by atoms with Gasteiger partial charge in [-0.2, -0.15) is 11.8 Å².